The van der Waals surface area contributed by atoms with E-state index in [1.807, 2.05) is 12.1 Å². The van der Waals surface area contributed by atoms with Crippen LogP contribution in [0.4, 0.5) is 0 Å². The fourth-order valence-electron chi connectivity index (χ4n) is 3.47. The molecule has 2 aliphatic heterocycles. The van der Waals surface area contributed by atoms with Crippen molar-refractivity contribution in [3.63, 3.8) is 0 Å². The summed E-state index contributed by atoms with van der Waals surface area (Å²) in [6.07, 6.45) is 3.97. The van der Waals surface area contributed by atoms with Gasteiger partial charge in [-0.3, -0.25) is 9.80 Å². The second kappa shape index (κ2) is 6.27. The van der Waals surface area contributed by atoms with Crippen molar-refractivity contribution in [2.75, 3.05) is 26.2 Å². The molecule has 1 aromatic carbocycles. The predicted molar refractivity (Wildman–Crippen MR) is 80.8 cm³/mol. The number of hydrogen-bond acceptors (Lipinski definition) is 4. The molecule has 0 radical (unpaired) electrons. The van der Waals surface area contributed by atoms with Crippen LogP contribution in [0.5, 0.6) is 0 Å². The molecule has 3 rings (SSSR count). The number of likely N-dealkylation sites (tertiary alicyclic amines) is 2. The summed E-state index contributed by atoms with van der Waals surface area (Å²) < 4.78 is 0. The highest BCUT2D eigenvalue weighted by molar-refractivity contribution is 6.58. The quantitative estimate of drug-likeness (QED) is 0.761. The Balaban J connectivity index is 1.57. The second-order valence-electron chi connectivity index (χ2n) is 6.04. The van der Waals surface area contributed by atoms with Crippen molar-refractivity contribution in [1.82, 2.24) is 9.80 Å². The summed E-state index contributed by atoms with van der Waals surface area (Å²) in [5.41, 5.74) is 1.75. The summed E-state index contributed by atoms with van der Waals surface area (Å²) in [4.78, 5) is 5.11. The third kappa shape index (κ3) is 3.23. The van der Waals surface area contributed by atoms with Crippen molar-refractivity contribution in [3.8, 4) is 0 Å². The molecule has 20 heavy (non-hydrogen) atoms. The molecular weight excluding hydrogens is 251 g/mol. The zero-order chi connectivity index (χ0) is 13.9. The summed E-state index contributed by atoms with van der Waals surface area (Å²) >= 11 is 0. The fraction of sp³-hybridized carbons (Fsp3) is 0.600. The molecular formula is C15H23BN2O2. The van der Waals surface area contributed by atoms with Crippen LogP contribution in [0.1, 0.15) is 24.8 Å². The van der Waals surface area contributed by atoms with Crippen molar-refractivity contribution >= 4 is 12.6 Å². The maximum Gasteiger partial charge on any atom is 0.488 e. The van der Waals surface area contributed by atoms with Crippen LogP contribution in [0.15, 0.2) is 24.3 Å². The minimum absolute atomic E-state index is 0.581. The van der Waals surface area contributed by atoms with E-state index in [1.54, 1.807) is 6.07 Å². The summed E-state index contributed by atoms with van der Waals surface area (Å²) in [6, 6.07) is 8.34. The molecule has 2 saturated heterocycles. The largest absolute Gasteiger partial charge is 0.488 e. The molecule has 0 amide bonds. The normalized spacial score (nSPS) is 24.4. The topological polar surface area (TPSA) is 46.9 Å². The highest BCUT2D eigenvalue weighted by atomic mass is 16.4. The van der Waals surface area contributed by atoms with Crippen LogP contribution in [-0.4, -0.2) is 59.2 Å². The molecule has 0 saturated carbocycles. The van der Waals surface area contributed by atoms with E-state index in [-0.39, 0.29) is 0 Å². The predicted octanol–water partition coefficient (Wildman–Crippen LogP) is 0.0365. The summed E-state index contributed by atoms with van der Waals surface area (Å²) in [6.45, 7) is 5.74. The molecule has 0 bridgehead atoms. The van der Waals surface area contributed by atoms with Gasteiger partial charge in [-0.15, -0.1) is 0 Å². The van der Waals surface area contributed by atoms with Crippen LogP contribution < -0.4 is 5.46 Å². The van der Waals surface area contributed by atoms with E-state index in [1.165, 1.54) is 32.4 Å². The van der Waals surface area contributed by atoms with Gasteiger partial charge in [0.1, 0.15) is 0 Å². The highest BCUT2D eigenvalue weighted by Gasteiger charge is 2.29. The Morgan fingerprint density at radius 3 is 2.70 bits per heavy atom. The van der Waals surface area contributed by atoms with Crippen molar-refractivity contribution < 1.29 is 10.0 Å². The van der Waals surface area contributed by atoms with Gasteiger partial charge in [0.15, 0.2) is 0 Å². The van der Waals surface area contributed by atoms with Crippen LogP contribution in [0.25, 0.3) is 0 Å². The van der Waals surface area contributed by atoms with Gasteiger partial charge in [0, 0.05) is 25.7 Å². The zero-order valence-electron chi connectivity index (χ0n) is 11.9. The first-order chi connectivity index (χ1) is 9.72. The lowest BCUT2D eigenvalue weighted by atomic mass is 9.79. The fourth-order valence-corrected chi connectivity index (χ4v) is 3.47. The second-order valence-corrected chi connectivity index (χ2v) is 6.04. The van der Waals surface area contributed by atoms with E-state index in [0.717, 1.165) is 31.2 Å². The molecule has 2 aliphatic rings. The summed E-state index contributed by atoms with van der Waals surface area (Å²) in [7, 11) is -1.37. The summed E-state index contributed by atoms with van der Waals surface area (Å²) in [5, 5.41) is 18.5. The van der Waals surface area contributed by atoms with Crippen LogP contribution in [-0.2, 0) is 6.54 Å². The first-order valence-corrected chi connectivity index (χ1v) is 7.64. The molecule has 2 N–H and O–H groups in total. The van der Waals surface area contributed by atoms with Gasteiger partial charge in [-0.05, 0) is 43.4 Å². The molecule has 0 spiro atoms. The maximum absolute atomic E-state index is 9.23. The third-order valence-corrected chi connectivity index (χ3v) is 4.56. The lowest BCUT2D eigenvalue weighted by Gasteiger charge is -2.23. The van der Waals surface area contributed by atoms with Crippen molar-refractivity contribution in [2.24, 2.45) is 0 Å². The van der Waals surface area contributed by atoms with Crippen LogP contribution in [0.3, 0.4) is 0 Å². The minimum Gasteiger partial charge on any atom is -0.423 e. The lowest BCUT2D eigenvalue weighted by Crippen LogP contribution is -2.35. The van der Waals surface area contributed by atoms with E-state index >= 15 is 0 Å². The van der Waals surface area contributed by atoms with E-state index in [9.17, 15) is 10.0 Å². The lowest BCUT2D eigenvalue weighted by molar-refractivity contribution is 0.230. The Labute approximate surface area is 121 Å². The average Bonchev–Trinajstić information content (AvgIpc) is 3.09. The van der Waals surface area contributed by atoms with E-state index in [4.69, 9.17) is 0 Å². The molecule has 0 aliphatic carbocycles. The van der Waals surface area contributed by atoms with Gasteiger partial charge in [-0.1, -0.05) is 24.3 Å². The van der Waals surface area contributed by atoms with Crippen LogP contribution in [0, 0.1) is 0 Å². The van der Waals surface area contributed by atoms with Crippen molar-refractivity contribution in [2.45, 2.75) is 31.8 Å². The molecule has 1 atom stereocenters. The molecule has 1 unspecified atom stereocenters. The van der Waals surface area contributed by atoms with Gasteiger partial charge in [0.25, 0.3) is 0 Å². The first-order valence-electron chi connectivity index (χ1n) is 7.64. The van der Waals surface area contributed by atoms with E-state index in [0.29, 0.717) is 5.46 Å². The van der Waals surface area contributed by atoms with Gasteiger partial charge in [0.2, 0.25) is 0 Å². The Kier molecular flexibility index (Phi) is 4.41. The van der Waals surface area contributed by atoms with Gasteiger partial charge in [-0.2, -0.15) is 0 Å². The summed E-state index contributed by atoms with van der Waals surface area (Å²) in [5.74, 6) is 0. The SMILES string of the molecule is OB(O)c1cccc(CN2CCC(N3CCCC3)C2)c1. The molecule has 108 valence electrons. The molecule has 2 heterocycles. The molecule has 1 aromatic rings. The van der Waals surface area contributed by atoms with Crippen molar-refractivity contribution in [3.05, 3.63) is 29.8 Å². The Bertz CT molecular complexity index is 449. The maximum atomic E-state index is 9.23. The van der Waals surface area contributed by atoms with Gasteiger partial charge in [0.05, 0.1) is 0 Å². The van der Waals surface area contributed by atoms with Gasteiger partial charge >= 0.3 is 7.12 Å². The van der Waals surface area contributed by atoms with E-state index < -0.39 is 7.12 Å². The van der Waals surface area contributed by atoms with Gasteiger partial charge < -0.3 is 10.0 Å². The number of benzene rings is 1. The Morgan fingerprint density at radius 1 is 1.15 bits per heavy atom. The highest BCUT2D eigenvalue weighted by Crippen LogP contribution is 2.21. The third-order valence-electron chi connectivity index (χ3n) is 4.56. The molecule has 4 nitrogen and oxygen atoms in total. The standard InChI is InChI=1S/C15H23BN2O2/c19-16(20)14-5-3-4-13(10-14)11-17-9-6-15(12-17)18-7-1-2-8-18/h3-5,10,15,19-20H,1-2,6-9,11-12H2. The number of rotatable bonds is 4. The van der Waals surface area contributed by atoms with Crippen LogP contribution in [0.2, 0.25) is 0 Å². The van der Waals surface area contributed by atoms with Gasteiger partial charge in [-0.25, -0.2) is 0 Å². The Morgan fingerprint density at radius 2 is 1.95 bits per heavy atom. The average molecular weight is 274 g/mol. The smallest absolute Gasteiger partial charge is 0.423 e. The first kappa shape index (κ1) is 14.1. The van der Waals surface area contributed by atoms with Crippen LogP contribution >= 0.6 is 0 Å². The molecule has 2 fully saturated rings. The number of hydrogen-bond donors (Lipinski definition) is 2. The minimum atomic E-state index is -1.37. The monoisotopic (exact) mass is 274 g/mol. The zero-order valence-corrected chi connectivity index (χ0v) is 11.9. The molecule has 0 aromatic heterocycles. The molecule has 5 heteroatoms. The van der Waals surface area contributed by atoms with E-state index in [2.05, 4.69) is 15.9 Å². The number of nitrogens with zero attached hydrogens (tertiary/aromatic N) is 2. The van der Waals surface area contributed by atoms with Crippen molar-refractivity contribution in [1.29, 1.82) is 0 Å². The Hall–Kier alpha value is -0.875.